The second kappa shape index (κ2) is 4.90. The molecule has 1 aromatic carbocycles. The van der Waals surface area contributed by atoms with Crippen molar-refractivity contribution in [3.8, 4) is 11.4 Å². The van der Waals surface area contributed by atoms with Crippen molar-refractivity contribution in [2.24, 2.45) is 0 Å². The first-order valence-corrected chi connectivity index (χ1v) is 6.23. The second-order valence-electron chi connectivity index (χ2n) is 4.53. The summed E-state index contributed by atoms with van der Waals surface area (Å²) in [6.45, 7) is 1.75. The zero-order valence-electron chi connectivity index (χ0n) is 10.5. The molecular weight excluding hydrogens is 271 g/mol. The fourth-order valence-electron chi connectivity index (χ4n) is 2.20. The van der Waals surface area contributed by atoms with Crippen LogP contribution < -0.4 is 0 Å². The summed E-state index contributed by atoms with van der Waals surface area (Å²) in [4.78, 5) is 0. The molecule has 106 valence electrons. The molecule has 0 N–H and O–H groups in total. The standard InChI is InChI=1S/C13H12F3N3O/c14-13(15,16)10-3-1-9(2-4-10)12-18-17-11-5-7-20-8-6-19(11)12/h1-4H,5-8H2. The zero-order chi connectivity index (χ0) is 14.2. The van der Waals surface area contributed by atoms with Crippen molar-refractivity contribution in [2.45, 2.75) is 19.1 Å². The van der Waals surface area contributed by atoms with Gasteiger partial charge in [0.25, 0.3) is 0 Å². The number of benzene rings is 1. The van der Waals surface area contributed by atoms with Gasteiger partial charge in [0.1, 0.15) is 5.82 Å². The van der Waals surface area contributed by atoms with E-state index < -0.39 is 11.7 Å². The molecule has 0 unspecified atom stereocenters. The van der Waals surface area contributed by atoms with Crippen LogP contribution in [0, 0.1) is 0 Å². The highest BCUT2D eigenvalue weighted by atomic mass is 19.4. The molecule has 0 atom stereocenters. The predicted molar refractivity (Wildman–Crippen MR) is 65.0 cm³/mol. The molecular formula is C13H12F3N3O. The molecule has 3 rings (SSSR count). The van der Waals surface area contributed by atoms with Crippen LogP contribution in [0.4, 0.5) is 13.2 Å². The van der Waals surface area contributed by atoms with Crippen LogP contribution >= 0.6 is 0 Å². The minimum Gasteiger partial charge on any atom is -0.379 e. The van der Waals surface area contributed by atoms with E-state index in [1.807, 2.05) is 4.57 Å². The Kier molecular flexibility index (Phi) is 3.21. The maximum absolute atomic E-state index is 12.5. The molecule has 1 aromatic heterocycles. The van der Waals surface area contributed by atoms with Crippen molar-refractivity contribution in [3.63, 3.8) is 0 Å². The van der Waals surface area contributed by atoms with Crippen LogP contribution in [0.2, 0.25) is 0 Å². The van der Waals surface area contributed by atoms with Crippen LogP contribution in [-0.4, -0.2) is 28.0 Å². The first-order valence-electron chi connectivity index (χ1n) is 6.23. The molecule has 0 bridgehead atoms. The number of halogens is 3. The summed E-state index contributed by atoms with van der Waals surface area (Å²) in [5.41, 5.74) is -0.0427. The first-order chi connectivity index (χ1) is 9.55. The van der Waals surface area contributed by atoms with Crippen molar-refractivity contribution in [2.75, 3.05) is 13.2 Å². The number of rotatable bonds is 1. The summed E-state index contributed by atoms with van der Waals surface area (Å²) in [6.07, 6.45) is -3.66. The highest BCUT2D eigenvalue weighted by Crippen LogP contribution is 2.30. The Morgan fingerprint density at radius 2 is 1.80 bits per heavy atom. The number of ether oxygens (including phenoxy) is 1. The van der Waals surface area contributed by atoms with Crippen LogP contribution in [0.15, 0.2) is 24.3 Å². The van der Waals surface area contributed by atoms with E-state index in [-0.39, 0.29) is 0 Å². The predicted octanol–water partition coefficient (Wildman–Crippen LogP) is 2.54. The van der Waals surface area contributed by atoms with Gasteiger partial charge in [0.15, 0.2) is 5.82 Å². The fourth-order valence-corrected chi connectivity index (χ4v) is 2.20. The summed E-state index contributed by atoms with van der Waals surface area (Å²) >= 11 is 0. The van der Waals surface area contributed by atoms with Crippen LogP contribution in [0.25, 0.3) is 11.4 Å². The topological polar surface area (TPSA) is 39.9 Å². The number of hydrogen-bond donors (Lipinski definition) is 0. The van der Waals surface area contributed by atoms with Crippen LogP contribution in [0.3, 0.4) is 0 Å². The molecule has 1 aliphatic heterocycles. The van der Waals surface area contributed by atoms with Crippen molar-refractivity contribution >= 4 is 0 Å². The van der Waals surface area contributed by atoms with Gasteiger partial charge in [0.2, 0.25) is 0 Å². The fraction of sp³-hybridized carbons (Fsp3) is 0.385. The number of hydrogen-bond acceptors (Lipinski definition) is 3. The van der Waals surface area contributed by atoms with Crippen molar-refractivity contribution in [1.29, 1.82) is 0 Å². The SMILES string of the molecule is FC(F)(F)c1ccc(-c2nnc3n2CCOCC3)cc1. The van der Waals surface area contributed by atoms with E-state index in [1.54, 1.807) is 0 Å². The third-order valence-corrected chi connectivity index (χ3v) is 3.23. The van der Waals surface area contributed by atoms with Gasteiger partial charge in [-0.2, -0.15) is 13.2 Å². The molecule has 0 aliphatic carbocycles. The van der Waals surface area contributed by atoms with Gasteiger partial charge in [-0.15, -0.1) is 10.2 Å². The summed E-state index contributed by atoms with van der Waals surface area (Å²) in [7, 11) is 0. The Morgan fingerprint density at radius 3 is 2.50 bits per heavy atom. The Morgan fingerprint density at radius 1 is 1.05 bits per heavy atom. The van der Waals surface area contributed by atoms with E-state index in [9.17, 15) is 13.2 Å². The van der Waals surface area contributed by atoms with E-state index in [0.29, 0.717) is 37.6 Å². The smallest absolute Gasteiger partial charge is 0.379 e. The summed E-state index contributed by atoms with van der Waals surface area (Å²) < 4.78 is 44.9. The molecule has 0 spiro atoms. The van der Waals surface area contributed by atoms with Gasteiger partial charge in [-0.1, -0.05) is 12.1 Å². The Hall–Kier alpha value is -1.89. The zero-order valence-corrected chi connectivity index (χ0v) is 10.5. The normalized spacial score (nSPS) is 15.8. The van der Waals surface area contributed by atoms with Gasteiger partial charge in [-0.05, 0) is 12.1 Å². The van der Waals surface area contributed by atoms with Crippen molar-refractivity contribution in [1.82, 2.24) is 14.8 Å². The monoisotopic (exact) mass is 283 g/mol. The Balaban J connectivity index is 1.95. The average molecular weight is 283 g/mol. The van der Waals surface area contributed by atoms with Gasteiger partial charge in [-0.25, -0.2) is 0 Å². The largest absolute Gasteiger partial charge is 0.416 e. The van der Waals surface area contributed by atoms with E-state index in [4.69, 9.17) is 4.74 Å². The van der Waals surface area contributed by atoms with Gasteiger partial charge in [0, 0.05) is 18.5 Å². The molecule has 7 heteroatoms. The molecule has 20 heavy (non-hydrogen) atoms. The highest BCUT2D eigenvalue weighted by Gasteiger charge is 2.30. The third kappa shape index (κ3) is 2.40. The van der Waals surface area contributed by atoms with E-state index >= 15 is 0 Å². The van der Waals surface area contributed by atoms with E-state index in [0.717, 1.165) is 18.0 Å². The average Bonchev–Trinajstić information content (AvgIpc) is 2.67. The number of alkyl halides is 3. The van der Waals surface area contributed by atoms with E-state index in [2.05, 4.69) is 10.2 Å². The highest BCUT2D eigenvalue weighted by molar-refractivity contribution is 5.56. The molecule has 0 amide bonds. The molecule has 0 fully saturated rings. The second-order valence-corrected chi connectivity index (χ2v) is 4.53. The first kappa shape index (κ1) is 13.1. The minimum atomic E-state index is -4.33. The van der Waals surface area contributed by atoms with Crippen molar-refractivity contribution in [3.05, 3.63) is 35.7 Å². The maximum Gasteiger partial charge on any atom is 0.416 e. The number of nitrogens with zero attached hydrogens (tertiary/aromatic N) is 3. The molecule has 0 saturated carbocycles. The third-order valence-electron chi connectivity index (χ3n) is 3.23. The number of aromatic nitrogens is 3. The van der Waals surface area contributed by atoms with Crippen LogP contribution in [0.5, 0.6) is 0 Å². The lowest BCUT2D eigenvalue weighted by molar-refractivity contribution is -0.137. The summed E-state index contributed by atoms with van der Waals surface area (Å²) in [6, 6.07) is 4.96. The molecule has 2 aromatic rings. The van der Waals surface area contributed by atoms with Gasteiger partial charge < -0.3 is 9.30 Å². The number of fused-ring (bicyclic) bond motifs is 1. The quantitative estimate of drug-likeness (QED) is 0.807. The maximum atomic E-state index is 12.5. The molecule has 0 radical (unpaired) electrons. The van der Waals surface area contributed by atoms with Crippen LogP contribution in [0.1, 0.15) is 11.4 Å². The molecule has 1 aliphatic rings. The lowest BCUT2D eigenvalue weighted by Crippen LogP contribution is -2.07. The summed E-state index contributed by atoms with van der Waals surface area (Å²) in [5, 5.41) is 8.15. The molecule has 2 heterocycles. The van der Waals surface area contributed by atoms with Crippen LogP contribution in [-0.2, 0) is 23.9 Å². The minimum absolute atomic E-state index is 0.554. The lowest BCUT2D eigenvalue weighted by Gasteiger charge is -2.09. The molecule has 0 saturated heterocycles. The van der Waals surface area contributed by atoms with Gasteiger partial charge in [-0.3, -0.25) is 0 Å². The molecule has 4 nitrogen and oxygen atoms in total. The Labute approximate surface area is 113 Å². The Bertz CT molecular complexity index is 604. The van der Waals surface area contributed by atoms with Gasteiger partial charge >= 0.3 is 6.18 Å². The lowest BCUT2D eigenvalue weighted by atomic mass is 10.1. The van der Waals surface area contributed by atoms with E-state index in [1.165, 1.54) is 12.1 Å². The van der Waals surface area contributed by atoms with Crippen molar-refractivity contribution < 1.29 is 17.9 Å². The van der Waals surface area contributed by atoms with Gasteiger partial charge in [0.05, 0.1) is 18.8 Å². The summed E-state index contributed by atoms with van der Waals surface area (Å²) in [5.74, 6) is 1.39.